The molecular formula is C20H26O5. The van der Waals surface area contributed by atoms with E-state index in [0.717, 1.165) is 12.8 Å². The molecule has 5 heteroatoms. The van der Waals surface area contributed by atoms with Crippen LogP contribution in [0.3, 0.4) is 0 Å². The topological polar surface area (TPSA) is 72.8 Å². The summed E-state index contributed by atoms with van der Waals surface area (Å²) in [6.45, 7) is 9.59. The summed E-state index contributed by atoms with van der Waals surface area (Å²) in [5.74, 6) is -1.02. The Morgan fingerprint density at radius 2 is 2.28 bits per heavy atom. The molecule has 2 fully saturated rings. The molecule has 0 amide bonds. The van der Waals surface area contributed by atoms with Crippen molar-refractivity contribution in [3.05, 3.63) is 35.5 Å². The zero-order chi connectivity index (χ0) is 18.4. The molecule has 0 aromatic rings. The summed E-state index contributed by atoms with van der Waals surface area (Å²) in [6.07, 6.45) is 5.51. The van der Waals surface area contributed by atoms with Crippen LogP contribution in [0.25, 0.3) is 0 Å². The van der Waals surface area contributed by atoms with Crippen LogP contribution < -0.4 is 0 Å². The van der Waals surface area contributed by atoms with Gasteiger partial charge in [0.25, 0.3) is 0 Å². The number of hydrogen-bond acceptors (Lipinski definition) is 5. The summed E-state index contributed by atoms with van der Waals surface area (Å²) in [4.78, 5) is 24.5. The van der Waals surface area contributed by atoms with Gasteiger partial charge in [-0.3, -0.25) is 0 Å². The van der Waals surface area contributed by atoms with Gasteiger partial charge in [0.15, 0.2) is 0 Å². The highest BCUT2D eigenvalue weighted by Gasteiger charge is 2.59. The second-order valence-electron chi connectivity index (χ2n) is 7.76. The van der Waals surface area contributed by atoms with Gasteiger partial charge in [-0.1, -0.05) is 25.2 Å². The molecule has 1 aliphatic heterocycles. The maximum Gasteiger partial charge on any atom is 0.334 e. The first-order chi connectivity index (χ1) is 11.8. The molecule has 1 heterocycles. The number of carbonyl (C=O) groups is 2. The molecule has 3 rings (SSSR count). The van der Waals surface area contributed by atoms with E-state index in [1.165, 1.54) is 11.6 Å². The summed E-state index contributed by atoms with van der Waals surface area (Å²) < 4.78 is 11.4. The van der Waals surface area contributed by atoms with Crippen molar-refractivity contribution < 1.29 is 24.2 Å². The first-order valence-corrected chi connectivity index (χ1v) is 8.83. The van der Waals surface area contributed by atoms with Crippen molar-refractivity contribution in [1.82, 2.24) is 0 Å². The van der Waals surface area contributed by atoms with Crippen molar-refractivity contribution in [3.8, 4) is 0 Å². The first-order valence-electron chi connectivity index (χ1n) is 8.83. The Balaban J connectivity index is 1.93. The lowest BCUT2D eigenvalue weighted by Gasteiger charge is -2.51. The van der Waals surface area contributed by atoms with Crippen LogP contribution in [-0.4, -0.2) is 35.9 Å². The summed E-state index contributed by atoms with van der Waals surface area (Å²) in [5.41, 5.74) is 1.92. The van der Waals surface area contributed by atoms with E-state index in [4.69, 9.17) is 14.6 Å². The molecule has 5 atom stereocenters. The highest BCUT2D eigenvalue weighted by molar-refractivity contribution is 5.92. The number of allylic oxidation sites excluding steroid dienone is 1. The summed E-state index contributed by atoms with van der Waals surface area (Å²) in [6, 6.07) is 0. The number of aliphatic hydroxyl groups is 1. The summed E-state index contributed by atoms with van der Waals surface area (Å²) in [7, 11) is 0. The van der Waals surface area contributed by atoms with E-state index in [1.807, 2.05) is 0 Å². The SMILES string of the molecule is C=C1C(=O)OC2C1C(OC(=O)C(C)=CCO)CC1(C)CCC=C(C)C21. The Bertz CT molecular complexity index is 674. The predicted octanol–water partition coefficient (Wildman–Crippen LogP) is 2.70. The Morgan fingerprint density at radius 1 is 1.56 bits per heavy atom. The molecule has 1 saturated heterocycles. The summed E-state index contributed by atoms with van der Waals surface area (Å²) in [5, 5.41) is 8.97. The van der Waals surface area contributed by atoms with E-state index in [2.05, 4.69) is 26.5 Å². The smallest absolute Gasteiger partial charge is 0.334 e. The van der Waals surface area contributed by atoms with Crippen LogP contribution in [0.4, 0.5) is 0 Å². The third-order valence-corrected chi connectivity index (χ3v) is 6.06. The molecule has 5 nitrogen and oxygen atoms in total. The van der Waals surface area contributed by atoms with Crippen molar-refractivity contribution in [2.75, 3.05) is 6.61 Å². The number of esters is 2. The second-order valence-corrected chi connectivity index (χ2v) is 7.76. The van der Waals surface area contributed by atoms with Gasteiger partial charge in [-0.05, 0) is 44.6 Å². The lowest BCUT2D eigenvalue weighted by Crippen LogP contribution is -2.53. The quantitative estimate of drug-likeness (QED) is 0.483. The van der Waals surface area contributed by atoms with Crippen molar-refractivity contribution in [2.24, 2.45) is 17.3 Å². The Labute approximate surface area is 148 Å². The number of rotatable bonds is 3. The van der Waals surface area contributed by atoms with E-state index < -0.39 is 12.1 Å². The summed E-state index contributed by atoms with van der Waals surface area (Å²) >= 11 is 0. The first kappa shape index (κ1) is 17.9. The fraction of sp³-hybridized carbons (Fsp3) is 0.600. The lowest BCUT2D eigenvalue weighted by atomic mass is 9.55. The molecule has 0 bridgehead atoms. The van der Waals surface area contributed by atoms with Crippen molar-refractivity contribution in [2.45, 2.75) is 52.2 Å². The molecule has 1 saturated carbocycles. The van der Waals surface area contributed by atoms with Gasteiger partial charge in [-0.2, -0.15) is 0 Å². The normalized spacial score (nSPS) is 37.8. The van der Waals surface area contributed by atoms with Crippen LogP contribution >= 0.6 is 0 Å². The van der Waals surface area contributed by atoms with Gasteiger partial charge in [0.05, 0.1) is 12.5 Å². The molecule has 0 aromatic heterocycles. The molecular weight excluding hydrogens is 320 g/mol. The average Bonchev–Trinajstić information content (AvgIpc) is 2.82. The minimum absolute atomic E-state index is 0.0789. The fourth-order valence-corrected chi connectivity index (χ4v) is 4.82. The minimum atomic E-state index is -0.463. The van der Waals surface area contributed by atoms with Crippen LogP contribution in [0.1, 0.15) is 40.0 Å². The lowest BCUT2D eigenvalue weighted by molar-refractivity contribution is -0.162. The van der Waals surface area contributed by atoms with Crippen LogP contribution in [0, 0.1) is 17.3 Å². The predicted molar refractivity (Wildman–Crippen MR) is 92.4 cm³/mol. The molecule has 0 aromatic carbocycles. The molecule has 136 valence electrons. The number of hydrogen-bond donors (Lipinski definition) is 1. The second kappa shape index (κ2) is 6.45. The molecule has 2 aliphatic carbocycles. The Morgan fingerprint density at radius 3 is 2.96 bits per heavy atom. The number of aliphatic hydroxyl groups excluding tert-OH is 1. The van der Waals surface area contributed by atoms with E-state index in [0.29, 0.717) is 17.6 Å². The van der Waals surface area contributed by atoms with Crippen molar-refractivity contribution in [3.63, 3.8) is 0 Å². The van der Waals surface area contributed by atoms with Crippen molar-refractivity contribution in [1.29, 1.82) is 0 Å². The fourth-order valence-electron chi connectivity index (χ4n) is 4.82. The third kappa shape index (κ3) is 2.95. The molecule has 1 N–H and O–H groups in total. The van der Waals surface area contributed by atoms with E-state index >= 15 is 0 Å². The molecule has 3 aliphatic rings. The highest BCUT2D eigenvalue weighted by atomic mass is 16.6. The standard InChI is InChI=1S/C20H26O5/c1-11-6-5-8-20(4)10-14(24-18(22)12(2)7-9-21)15-13(3)19(23)25-17(15)16(11)20/h6-7,14-17,21H,3,5,8-10H2,1-2,4H3. The maximum atomic E-state index is 12.3. The van der Waals surface area contributed by atoms with Gasteiger partial charge in [0.1, 0.15) is 12.2 Å². The Hall–Kier alpha value is -1.88. The van der Waals surface area contributed by atoms with E-state index in [1.54, 1.807) is 6.92 Å². The highest BCUT2D eigenvalue weighted by Crippen LogP contribution is 2.56. The molecule has 0 radical (unpaired) electrons. The average molecular weight is 346 g/mol. The maximum absolute atomic E-state index is 12.3. The number of ether oxygens (including phenoxy) is 2. The molecule has 0 spiro atoms. The van der Waals surface area contributed by atoms with Crippen molar-refractivity contribution >= 4 is 11.9 Å². The monoisotopic (exact) mass is 346 g/mol. The number of fused-ring (bicyclic) bond motifs is 3. The van der Waals surface area contributed by atoms with Gasteiger partial charge >= 0.3 is 11.9 Å². The zero-order valence-corrected chi connectivity index (χ0v) is 15.1. The largest absolute Gasteiger partial charge is 0.458 e. The van der Waals surface area contributed by atoms with Crippen LogP contribution in [-0.2, 0) is 19.1 Å². The van der Waals surface area contributed by atoms with E-state index in [9.17, 15) is 9.59 Å². The Kier molecular flexibility index (Phi) is 4.62. The van der Waals surface area contributed by atoms with Gasteiger partial charge in [-0.25, -0.2) is 9.59 Å². The molecule has 25 heavy (non-hydrogen) atoms. The minimum Gasteiger partial charge on any atom is -0.458 e. The third-order valence-electron chi connectivity index (χ3n) is 6.06. The van der Waals surface area contributed by atoms with Gasteiger partial charge in [0.2, 0.25) is 0 Å². The van der Waals surface area contributed by atoms with Gasteiger partial charge in [-0.15, -0.1) is 0 Å². The van der Waals surface area contributed by atoms with Crippen LogP contribution in [0.15, 0.2) is 35.5 Å². The zero-order valence-electron chi connectivity index (χ0n) is 15.1. The van der Waals surface area contributed by atoms with Crippen LogP contribution in [0.5, 0.6) is 0 Å². The van der Waals surface area contributed by atoms with E-state index in [-0.39, 0.29) is 35.9 Å². The molecule has 5 unspecified atom stereocenters. The van der Waals surface area contributed by atoms with Gasteiger partial charge < -0.3 is 14.6 Å². The number of carbonyl (C=O) groups excluding carboxylic acids is 2. The van der Waals surface area contributed by atoms with Crippen LogP contribution in [0.2, 0.25) is 0 Å². The van der Waals surface area contributed by atoms with Gasteiger partial charge in [0, 0.05) is 17.1 Å².